The molecule has 1 aliphatic rings. The fraction of sp³-hybridized carbons (Fsp3) is 0.545. The molecule has 1 aliphatic heterocycles. The Morgan fingerprint density at radius 1 is 1.34 bits per heavy atom. The zero-order chi connectivity index (χ0) is 21.1. The van der Waals surface area contributed by atoms with Gasteiger partial charge in [0.15, 0.2) is 0 Å². The average molecular weight is 397 g/mol. The van der Waals surface area contributed by atoms with Crippen LogP contribution in [0.1, 0.15) is 59.4 Å². The number of pyridine rings is 1. The van der Waals surface area contributed by atoms with Crippen LogP contribution in [0.3, 0.4) is 0 Å². The summed E-state index contributed by atoms with van der Waals surface area (Å²) in [6, 6.07) is 4.69. The molecule has 156 valence electrons. The quantitative estimate of drug-likeness (QED) is 0.809. The van der Waals surface area contributed by atoms with Gasteiger partial charge in [0.05, 0.1) is 5.69 Å². The van der Waals surface area contributed by atoms with E-state index in [4.69, 9.17) is 0 Å². The molecule has 0 spiro atoms. The molecule has 7 nitrogen and oxygen atoms in total. The topological polar surface area (TPSA) is 74.2 Å². The first kappa shape index (κ1) is 21.2. The molecule has 0 aliphatic carbocycles. The van der Waals surface area contributed by atoms with Crippen LogP contribution in [-0.2, 0) is 6.42 Å². The Bertz CT molecular complexity index is 882. The molecule has 1 fully saturated rings. The Morgan fingerprint density at radius 2 is 2.10 bits per heavy atom. The van der Waals surface area contributed by atoms with Crippen molar-refractivity contribution in [1.29, 1.82) is 0 Å². The highest BCUT2D eigenvalue weighted by atomic mass is 16.2. The van der Waals surface area contributed by atoms with Crippen molar-refractivity contribution in [1.82, 2.24) is 25.2 Å². The second kappa shape index (κ2) is 8.86. The van der Waals surface area contributed by atoms with E-state index in [2.05, 4.69) is 45.1 Å². The first-order chi connectivity index (χ1) is 13.8. The summed E-state index contributed by atoms with van der Waals surface area (Å²) in [6.45, 7) is 10.1. The lowest BCUT2D eigenvalue weighted by Gasteiger charge is -2.23. The van der Waals surface area contributed by atoms with Gasteiger partial charge in [-0.3, -0.25) is 9.78 Å². The van der Waals surface area contributed by atoms with E-state index in [1.54, 1.807) is 14.1 Å². The molecule has 3 rings (SSSR count). The molecular weight excluding hydrogens is 364 g/mol. The number of nitrogens with zero attached hydrogens (tertiary/aromatic N) is 5. The highest BCUT2D eigenvalue weighted by molar-refractivity contribution is 5.90. The number of anilines is 1. The van der Waals surface area contributed by atoms with Crippen LogP contribution in [0.4, 0.5) is 5.82 Å². The van der Waals surface area contributed by atoms with Crippen LogP contribution in [0.5, 0.6) is 0 Å². The molecule has 1 N–H and O–H groups in total. The van der Waals surface area contributed by atoms with Gasteiger partial charge in [-0.1, -0.05) is 13.0 Å². The van der Waals surface area contributed by atoms with Crippen LogP contribution in [0.15, 0.2) is 18.3 Å². The number of rotatable bonds is 6. The van der Waals surface area contributed by atoms with Gasteiger partial charge < -0.3 is 15.1 Å². The van der Waals surface area contributed by atoms with Gasteiger partial charge in [0, 0.05) is 56.7 Å². The molecule has 2 aromatic heterocycles. The molecule has 29 heavy (non-hydrogen) atoms. The van der Waals surface area contributed by atoms with Crippen LogP contribution in [0.25, 0.3) is 0 Å². The molecule has 2 aromatic rings. The minimum atomic E-state index is -0.168. The minimum absolute atomic E-state index is 0.168. The number of carbonyl (C=O) groups excluding carboxylic acids is 1. The molecule has 3 heterocycles. The van der Waals surface area contributed by atoms with Crippen molar-refractivity contribution in [2.75, 3.05) is 32.1 Å². The first-order valence-electron chi connectivity index (χ1n) is 10.3. The molecule has 1 amide bonds. The fourth-order valence-corrected chi connectivity index (χ4v) is 3.88. The van der Waals surface area contributed by atoms with Crippen molar-refractivity contribution < 1.29 is 4.79 Å². The van der Waals surface area contributed by atoms with Crippen molar-refractivity contribution in [3.05, 3.63) is 46.7 Å². The second-order valence-electron chi connectivity index (χ2n) is 8.00. The lowest BCUT2D eigenvalue weighted by atomic mass is 10.1. The van der Waals surface area contributed by atoms with E-state index in [-0.39, 0.29) is 17.8 Å². The summed E-state index contributed by atoms with van der Waals surface area (Å²) >= 11 is 0. The fourth-order valence-electron chi connectivity index (χ4n) is 3.88. The number of hydrogen-bond donors (Lipinski definition) is 1. The molecule has 1 saturated heterocycles. The van der Waals surface area contributed by atoms with Crippen LogP contribution in [0.2, 0.25) is 0 Å². The Morgan fingerprint density at radius 3 is 2.79 bits per heavy atom. The maximum Gasteiger partial charge on any atom is 0.291 e. The van der Waals surface area contributed by atoms with E-state index in [0.717, 1.165) is 48.7 Å². The third-order valence-electron chi connectivity index (χ3n) is 5.65. The summed E-state index contributed by atoms with van der Waals surface area (Å²) in [7, 11) is 3.44. The maximum absolute atomic E-state index is 12.4. The van der Waals surface area contributed by atoms with E-state index >= 15 is 0 Å². The third kappa shape index (κ3) is 4.56. The third-order valence-corrected chi connectivity index (χ3v) is 5.65. The van der Waals surface area contributed by atoms with Crippen molar-refractivity contribution >= 4 is 11.7 Å². The Balaban J connectivity index is 1.75. The SMILES string of the molecule is CCc1cccnc1C(C)N[C@@H]1CCN(c2nc(C(=O)N(C)C)nc(C)c2C)C1. The largest absolute Gasteiger partial charge is 0.355 e. The van der Waals surface area contributed by atoms with Gasteiger partial charge in [0.1, 0.15) is 5.82 Å². The van der Waals surface area contributed by atoms with Gasteiger partial charge in [-0.05, 0) is 45.2 Å². The summed E-state index contributed by atoms with van der Waals surface area (Å²) in [4.78, 5) is 29.8. The van der Waals surface area contributed by atoms with E-state index in [1.165, 1.54) is 10.5 Å². The zero-order valence-electron chi connectivity index (χ0n) is 18.4. The molecule has 0 bridgehead atoms. The zero-order valence-corrected chi connectivity index (χ0v) is 18.4. The summed E-state index contributed by atoms with van der Waals surface area (Å²) < 4.78 is 0. The normalized spacial score (nSPS) is 17.4. The van der Waals surface area contributed by atoms with Crippen LogP contribution in [-0.4, -0.2) is 59.0 Å². The van der Waals surface area contributed by atoms with Crippen LogP contribution >= 0.6 is 0 Å². The molecule has 7 heteroatoms. The summed E-state index contributed by atoms with van der Waals surface area (Å²) in [6.07, 6.45) is 3.87. The number of carbonyl (C=O) groups is 1. The van der Waals surface area contributed by atoms with E-state index in [1.807, 2.05) is 26.1 Å². The maximum atomic E-state index is 12.4. The number of amides is 1. The molecule has 0 aromatic carbocycles. The summed E-state index contributed by atoms with van der Waals surface area (Å²) in [5.74, 6) is 0.963. The predicted molar refractivity (Wildman–Crippen MR) is 115 cm³/mol. The highest BCUT2D eigenvalue weighted by Gasteiger charge is 2.28. The van der Waals surface area contributed by atoms with E-state index < -0.39 is 0 Å². The lowest BCUT2D eigenvalue weighted by molar-refractivity contribution is 0.0815. The molecule has 0 radical (unpaired) electrons. The average Bonchev–Trinajstić information content (AvgIpc) is 3.17. The van der Waals surface area contributed by atoms with Crippen molar-refractivity contribution in [2.24, 2.45) is 0 Å². The lowest BCUT2D eigenvalue weighted by Crippen LogP contribution is -2.35. The van der Waals surface area contributed by atoms with Gasteiger partial charge >= 0.3 is 0 Å². The van der Waals surface area contributed by atoms with Crippen LogP contribution in [0, 0.1) is 13.8 Å². The Hall–Kier alpha value is -2.54. The second-order valence-corrected chi connectivity index (χ2v) is 8.00. The van der Waals surface area contributed by atoms with Gasteiger partial charge in [0.25, 0.3) is 5.91 Å². The smallest absolute Gasteiger partial charge is 0.291 e. The van der Waals surface area contributed by atoms with E-state index in [9.17, 15) is 4.79 Å². The molecule has 2 atom stereocenters. The highest BCUT2D eigenvalue weighted by Crippen LogP contribution is 2.25. The van der Waals surface area contributed by atoms with Crippen molar-refractivity contribution in [3.63, 3.8) is 0 Å². The van der Waals surface area contributed by atoms with Crippen molar-refractivity contribution in [3.8, 4) is 0 Å². The van der Waals surface area contributed by atoms with Gasteiger partial charge in [-0.15, -0.1) is 0 Å². The number of nitrogens with one attached hydrogen (secondary N) is 1. The van der Waals surface area contributed by atoms with E-state index in [0.29, 0.717) is 6.04 Å². The number of aryl methyl sites for hydroxylation is 2. The standard InChI is InChI=1S/C22H32N6O/c1-7-17-9-8-11-23-19(17)16(4)24-18-10-12-28(13-18)21-14(2)15(3)25-20(26-21)22(29)27(5)6/h8-9,11,16,18,24H,7,10,12-13H2,1-6H3/t16?,18-/m1/s1. The predicted octanol–water partition coefficient (Wildman–Crippen LogP) is 2.68. The molecule has 1 unspecified atom stereocenters. The summed E-state index contributed by atoms with van der Waals surface area (Å²) in [5, 5.41) is 3.74. The molecular formula is C22H32N6O. The number of aromatic nitrogens is 3. The number of hydrogen-bond acceptors (Lipinski definition) is 6. The Kier molecular flexibility index (Phi) is 6.47. The van der Waals surface area contributed by atoms with Gasteiger partial charge in [-0.25, -0.2) is 9.97 Å². The summed E-state index contributed by atoms with van der Waals surface area (Å²) in [5.41, 5.74) is 4.30. The van der Waals surface area contributed by atoms with Crippen LogP contribution < -0.4 is 10.2 Å². The monoisotopic (exact) mass is 396 g/mol. The van der Waals surface area contributed by atoms with Gasteiger partial charge in [0.2, 0.25) is 5.82 Å². The minimum Gasteiger partial charge on any atom is -0.355 e. The first-order valence-corrected chi connectivity index (χ1v) is 10.3. The van der Waals surface area contributed by atoms with Gasteiger partial charge in [-0.2, -0.15) is 0 Å². The molecule has 0 saturated carbocycles. The van der Waals surface area contributed by atoms with Crippen molar-refractivity contribution in [2.45, 2.75) is 52.6 Å². The Labute approximate surface area is 173 Å².